The minimum absolute atomic E-state index is 0.556. The summed E-state index contributed by atoms with van der Waals surface area (Å²) in [7, 11) is 4.84. The van der Waals surface area contributed by atoms with Crippen molar-refractivity contribution < 1.29 is 0 Å². The van der Waals surface area contributed by atoms with Gasteiger partial charge in [0.15, 0.2) is 0 Å². The van der Waals surface area contributed by atoms with Crippen molar-refractivity contribution in [2.24, 2.45) is 11.3 Å². The maximum absolute atomic E-state index is 2.42. The summed E-state index contributed by atoms with van der Waals surface area (Å²) in [4.78, 5) is 0. The fraction of sp³-hybridized carbons (Fsp3) is 1.00. The first-order valence-corrected chi connectivity index (χ1v) is 6.52. The lowest BCUT2D eigenvalue weighted by atomic mass is 9.46. The van der Waals surface area contributed by atoms with Gasteiger partial charge in [-0.3, -0.25) is 0 Å². The normalized spacial score (nSPS) is 28.4. The molecule has 2 saturated carbocycles. The molecule has 0 aliphatic heterocycles. The Labute approximate surface area is 91.0 Å². The summed E-state index contributed by atoms with van der Waals surface area (Å²) < 4.78 is 0. The predicted molar refractivity (Wildman–Crippen MR) is 68.3 cm³/mol. The summed E-state index contributed by atoms with van der Waals surface area (Å²) in [6.07, 6.45) is 12.2. The van der Waals surface area contributed by atoms with E-state index in [9.17, 15) is 0 Å². The van der Waals surface area contributed by atoms with Crippen molar-refractivity contribution in [3.8, 4) is 0 Å². The maximum Gasteiger partial charge on any atom is 0.0992 e. The lowest BCUT2D eigenvalue weighted by Crippen LogP contribution is -2.31. The summed E-state index contributed by atoms with van der Waals surface area (Å²) in [6, 6.07) is 0. The molecule has 2 heteroatoms. The molecule has 0 N–H and O–H groups in total. The molecule has 2 fully saturated rings. The van der Waals surface area contributed by atoms with Gasteiger partial charge in [-0.1, -0.05) is 43.7 Å². The van der Waals surface area contributed by atoms with E-state index in [1.165, 1.54) is 38.5 Å². The van der Waals surface area contributed by atoms with E-state index in [4.69, 9.17) is 0 Å². The monoisotopic (exact) mass is 190 g/mol. The molecule has 0 heterocycles. The third-order valence-corrected chi connectivity index (χ3v) is 4.94. The Morgan fingerprint density at radius 3 is 1.93 bits per heavy atom. The summed E-state index contributed by atoms with van der Waals surface area (Å²) >= 11 is 0. The van der Waals surface area contributed by atoms with Crippen LogP contribution >= 0.6 is 0 Å². The quantitative estimate of drug-likeness (QED) is 0.555. The zero-order chi connectivity index (χ0) is 10.2. The van der Waals surface area contributed by atoms with Crippen molar-refractivity contribution in [3.05, 3.63) is 0 Å². The molecule has 0 radical (unpaired) electrons. The van der Waals surface area contributed by atoms with Crippen molar-refractivity contribution in [2.45, 2.75) is 63.5 Å². The van der Waals surface area contributed by atoms with Crippen LogP contribution in [-0.2, 0) is 0 Å². The topological polar surface area (TPSA) is 0 Å². The molecule has 0 aromatic heterocycles. The average Bonchev–Trinajstić information content (AvgIpc) is 2.53. The number of hydrogen-bond acceptors (Lipinski definition) is 0. The van der Waals surface area contributed by atoms with Gasteiger partial charge in [-0.15, -0.1) is 0 Å². The molecule has 0 aromatic carbocycles. The van der Waals surface area contributed by atoms with E-state index < -0.39 is 0 Å². The first-order chi connectivity index (χ1) is 6.52. The van der Waals surface area contributed by atoms with Gasteiger partial charge in [0, 0.05) is 0 Å². The van der Waals surface area contributed by atoms with Crippen LogP contribution in [0.5, 0.6) is 0 Å². The van der Waals surface area contributed by atoms with Gasteiger partial charge < -0.3 is 0 Å². The van der Waals surface area contributed by atoms with Crippen LogP contribution in [0.4, 0.5) is 0 Å². The van der Waals surface area contributed by atoms with Gasteiger partial charge in [0.2, 0.25) is 0 Å². The van der Waals surface area contributed by atoms with E-state index in [-0.39, 0.29) is 0 Å². The largest absolute Gasteiger partial charge is 0.0992 e. The van der Waals surface area contributed by atoms with E-state index in [2.05, 4.69) is 22.6 Å². The fourth-order valence-electron chi connectivity index (χ4n) is 3.72. The SMILES string of the molecule is BC(B)(C)C1CCC2(CCCC2)CC1. The van der Waals surface area contributed by atoms with Gasteiger partial charge in [0.1, 0.15) is 0 Å². The van der Waals surface area contributed by atoms with Crippen LogP contribution in [-0.4, -0.2) is 15.7 Å². The minimum atomic E-state index is 0.556. The fourth-order valence-corrected chi connectivity index (χ4v) is 3.72. The molecule has 0 amide bonds. The molecule has 0 unspecified atom stereocenters. The summed E-state index contributed by atoms with van der Waals surface area (Å²) in [5.74, 6) is 0.994. The van der Waals surface area contributed by atoms with Crippen molar-refractivity contribution in [1.82, 2.24) is 0 Å². The van der Waals surface area contributed by atoms with Crippen molar-refractivity contribution in [1.29, 1.82) is 0 Å². The minimum Gasteiger partial charge on any atom is -0.0845 e. The zero-order valence-corrected chi connectivity index (χ0v) is 10.2. The standard InChI is InChI=1S/C12H24B2/c1-11(13,14)10-4-8-12(9-5-10)6-2-3-7-12/h10H,2-9,13-14H2,1H3. The van der Waals surface area contributed by atoms with E-state index >= 15 is 0 Å². The van der Waals surface area contributed by atoms with E-state index in [1.807, 2.05) is 0 Å². The summed E-state index contributed by atoms with van der Waals surface area (Å²) in [6.45, 7) is 2.42. The van der Waals surface area contributed by atoms with Gasteiger partial charge in [-0.2, -0.15) is 0 Å². The Morgan fingerprint density at radius 1 is 1.00 bits per heavy atom. The van der Waals surface area contributed by atoms with Crippen molar-refractivity contribution >= 4 is 15.7 Å². The van der Waals surface area contributed by atoms with Crippen LogP contribution in [0.1, 0.15) is 58.3 Å². The average molecular weight is 190 g/mol. The molecule has 0 aromatic rings. The second kappa shape index (κ2) is 3.61. The van der Waals surface area contributed by atoms with Gasteiger partial charge in [0.05, 0.1) is 15.7 Å². The molecular formula is C12H24B2. The smallest absolute Gasteiger partial charge is 0.0845 e. The third kappa shape index (κ3) is 2.04. The Morgan fingerprint density at radius 2 is 1.50 bits per heavy atom. The highest BCUT2D eigenvalue weighted by molar-refractivity contribution is 6.39. The second-order valence-electron chi connectivity index (χ2n) is 6.85. The summed E-state index contributed by atoms with van der Waals surface area (Å²) in [5.41, 5.74) is 0.821. The molecule has 2 rings (SSSR count). The first-order valence-electron chi connectivity index (χ1n) is 6.52. The second-order valence-corrected chi connectivity index (χ2v) is 6.85. The first kappa shape index (κ1) is 10.6. The molecule has 14 heavy (non-hydrogen) atoms. The highest BCUT2D eigenvalue weighted by Gasteiger charge is 2.39. The van der Waals surface area contributed by atoms with Crippen LogP contribution in [0.3, 0.4) is 0 Å². The summed E-state index contributed by atoms with van der Waals surface area (Å²) in [5, 5.41) is 0.556. The number of rotatable bonds is 1. The van der Waals surface area contributed by atoms with Gasteiger partial charge >= 0.3 is 0 Å². The molecular weight excluding hydrogens is 166 g/mol. The van der Waals surface area contributed by atoms with Gasteiger partial charge in [-0.05, 0) is 31.1 Å². The molecule has 0 nitrogen and oxygen atoms in total. The molecule has 0 bridgehead atoms. The Kier molecular flexibility index (Phi) is 2.74. The molecule has 78 valence electrons. The number of hydrogen-bond donors (Lipinski definition) is 0. The maximum atomic E-state index is 2.42. The predicted octanol–water partition coefficient (Wildman–Crippen LogP) is 2.14. The van der Waals surface area contributed by atoms with Crippen LogP contribution in [0.25, 0.3) is 0 Å². The Bertz CT molecular complexity index is 189. The molecule has 2 aliphatic carbocycles. The van der Waals surface area contributed by atoms with E-state index in [0.717, 1.165) is 11.3 Å². The highest BCUT2D eigenvalue weighted by atomic mass is 14.4. The lowest BCUT2D eigenvalue weighted by molar-refractivity contribution is 0.147. The van der Waals surface area contributed by atoms with E-state index in [1.54, 1.807) is 12.8 Å². The lowest BCUT2D eigenvalue weighted by Gasteiger charge is -2.42. The van der Waals surface area contributed by atoms with Gasteiger partial charge in [0.25, 0.3) is 0 Å². The zero-order valence-electron chi connectivity index (χ0n) is 10.2. The van der Waals surface area contributed by atoms with Crippen molar-refractivity contribution in [2.75, 3.05) is 0 Å². The van der Waals surface area contributed by atoms with Crippen LogP contribution in [0.15, 0.2) is 0 Å². The molecule has 0 saturated heterocycles. The molecule has 2 aliphatic rings. The Balaban J connectivity index is 1.92. The van der Waals surface area contributed by atoms with Crippen LogP contribution < -0.4 is 0 Å². The third-order valence-electron chi connectivity index (χ3n) is 4.94. The Hall–Kier alpha value is 0.130. The highest BCUT2D eigenvalue weighted by Crippen LogP contribution is 2.53. The van der Waals surface area contributed by atoms with E-state index in [0.29, 0.717) is 5.21 Å². The van der Waals surface area contributed by atoms with Crippen molar-refractivity contribution in [3.63, 3.8) is 0 Å². The van der Waals surface area contributed by atoms with Gasteiger partial charge in [-0.25, -0.2) is 0 Å². The van der Waals surface area contributed by atoms with Crippen LogP contribution in [0, 0.1) is 11.3 Å². The van der Waals surface area contributed by atoms with Crippen LogP contribution in [0.2, 0.25) is 5.21 Å². The molecule has 0 atom stereocenters. The molecule has 1 spiro atoms.